The van der Waals surface area contributed by atoms with Crippen LogP contribution in [0.2, 0.25) is 0 Å². The first kappa shape index (κ1) is 26.9. The minimum Gasteiger partial charge on any atom is -0.456 e. The van der Waals surface area contributed by atoms with Gasteiger partial charge in [-0.2, -0.15) is 0 Å². The molecule has 6 heteroatoms. The SMILES string of the molecule is CCN(CC)c1ccc2c(c1)Oc1cc(C)c(N(C(C)=O)c3ccc(C)cc3C)cc1C21OC(=O)C2C=CC=CC21. The molecule has 210 valence electrons. The van der Waals surface area contributed by atoms with Crippen molar-refractivity contribution in [2.75, 3.05) is 22.9 Å². The molecule has 3 aliphatic rings. The number of ether oxygens (including phenoxy) is 2. The number of rotatable bonds is 5. The van der Waals surface area contributed by atoms with E-state index in [1.54, 1.807) is 11.8 Å². The van der Waals surface area contributed by atoms with E-state index in [2.05, 4.69) is 43.0 Å². The average Bonchev–Trinajstić information content (AvgIpc) is 3.24. The molecule has 41 heavy (non-hydrogen) atoms. The third kappa shape index (κ3) is 4.07. The first-order valence-corrected chi connectivity index (χ1v) is 14.4. The molecule has 0 aromatic heterocycles. The van der Waals surface area contributed by atoms with Crippen LogP contribution in [0.4, 0.5) is 17.1 Å². The number of carbonyl (C=O) groups is 2. The second-order valence-corrected chi connectivity index (χ2v) is 11.2. The molecule has 6 nitrogen and oxygen atoms in total. The van der Waals surface area contributed by atoms with E-state index in [4.69, 9.17) is 9.47 Å². The Morgan fingerprint density at radius 2 is 1.56 bits per heavy atom. The Balaban J connectivity index is 1.60. The average molecular weight is 549 g/mol. The van der Waals surface area contributed by atoms with Crippen LogP contribution in [0.5, 0.6) is 11.5 Å². The van der Waals surface area contributed by atoms with Crippen molar-refractivity contribution in [1.29, 1.82) is 0 Å². The third-order valence-electron chi connectivity index (χ3n) is 8.70. The molecule has 3 aromatic carbocycles. The van der Waals surface area contributed by atoms with Gasteiger partial charge in [-0.1, -0.05) is 42.0 Å². The Hall–Kier alpha value is -4.32. The van der Waals surface area contributed by atoms with E-state index in [1.807, 2.05) is 69.3 Å². The van der Waals surface area contributed by atoms with E-state index in [9.17, 15) is 9.59 Å². The molecule has 0 bridgehead atoms. The lowest BCUT2D eigenvalue weighted by molar-refractivity contribution is -0.148. The number of anilines is 3. The summed E-state index contributed by atoms with van der Waals surface area (Å²) in [5.41, 5.74) is 6.11. The number of aryl methyl sites for hydroxylation is 3. The highest BCUT2D eigenvalue weighted by molar-refractivity contribution is 6.01. The van der Waals surface area contributed by atoms with Crippen LogP contribution in [-0.2, 0) is 19.9 Å². The summed E-state index contributed by atoms with van der Waals surface area (Å²) in [7, 11) is 0. The van der Waals surface area contributed by atoms with Crippen LogP contribution >= 0.6 is 0 Å². The lowest BCUT2D eigenvalue weighted by atomic mass is 9.69. The number of carbonyl (C=O) groups excluding carboxylic acids is 2. The van der Waals surface area contributed by atoms with Gasteiger partial charge in [0, 0.05) is 48.8 Å². The first-order chi connectivity index (χ1) is 19.7. The van der Waals surface area contributed by atoms with Crippen LogP contribution in [0.25, 0.3) is 0 Å². The van der Waals surface area contributed by atoms with Gasteiger partial charge < -0.3 is 14.4 Å². The van der Waals surface area contributed by atoms with Crippen molar-refractivity contribution in [3.05, 3.63) is 101 Å². The highest BCUT2D eigenvalue weighted by atomic mass is 16.6. The lowest BCUT2D eigenvalue weighted by Crippen LogP contribution is -2.38. The van der Waals surface area contributed by atoms with Crippen molar-refractivity contribution in [2.24, 2.45) is 11.8 Å². The summed E-state index contributed by atoms with van der Waals surface area (Å²) in [5.74, 6) is 0.288. The van der Waals surface area contributed by atoms with Gasteiger partial charge in [0.1, 0.15) is 11.5 Å². The predicted octanol–water partition coefficient (Wildman–Crippen LogP) is 7.41. The standard InChI is InChI=1S/C35H36N2O4/c1-7-36(8-2)25-14-15-28-33(19-25)40-32-18-23(5)31(37(24(6)38)30-16-13-21(3)17-22(30)4)20-29(32)35(28)27-12-10-9-11-26(27)34(39)41-35/h9-20,26-27H,7-8H2,1-6H3. The summed E-state index contributed by atoms with van der Waals surface area (Å²) in [6.07, 6.45) is 7.88. The molecule has 1 saturated heterocycles. The second-order valence-electron chi connectivity index (χ2n) is 11.2. The molecular formula is C35H36N2O4. The van der Waals surface area contributed by atoms with Gasteiger partial charge in [-0.05, 0) is 76.1 Å². The van der Waals surface area contributed by atoms with E-state index in [1.165, 1.54) is 0 Å². The molecule has 1 amide bonds. The number of allylic oxidation sites excluding steroid dienone is 2. The van der Waals surface area contributed by atoms with Crippen molar-refractivity contribution < 1.29 is 19.1 Å². The highest BCUT2D eigenvalue weighted by Crippen LogP contribution is 2.60. The summed E-state index contributed by atoms with van der Waals surface area (Å²) in [6, 6.07) is 16.2. The minimum absolute atomic E-state index is 0.100. The second kappa shape index (κ2) is 9.95. The van der Waals surface area contributed by atoms with Gasteiger partial charge >= 0.3 is 5.97 Å². The maximum atomic E-state index is 13.4. The fourth-order valence-corrected chi connectivity index (χ4v) is 6.75. The maximum Gasteiger partial charge on any atom is 0.314 e. The van der Waals surface area contributed by atoms with Crippen LogP contribution in [-0.4, -0.2) is 25.0 Å². The summed E-state index contributed by atoms with van der Waals surface area (Å²) in [6.45, 7) is 13.6. The van der Waals surface area contributed by atoms with Gasteiger partial charge in [-0.3, -0.25) is 14.5 Å². The molecule has 1 aliphatic carbocycles. The molecule has 3 unspecified atom stereocenters. The normalized spacial score (nSPS) is 21.6. The van der Waals surface area contributed by atoms with Gasteiger partial charge in [0.05, 0.1) is 17.3 Å². The van der Waals surface area contributed by atoms with Gasteiger partial charge in [0.2, 0.25) is 5.91 Å². The van der Waals surface area contributed by atoms with E-state index < -0.39 is 11.5 Å². The molecule has 0 radical (unpaired) electrons. The summed E-state index contributed by atoms with van der Waals surface area (Å²) in [4.78, 5) is 30.7. The van der Waals surface area contributed by atoms with Crippen molar-refractivity contribution in [3.63, 3.8) is 0 Å². The van der Waals surface area contributed by atoms with E-state index >= 15 is 0 Å². The van der Waals surface area contributed by atoms with Crippen LogP contribution in [0.15, 0.2) is 72.8 Å². The smallest absolute Gasteiger partial charge is 0.314 e. The largest absolute Gasteiger partial charge is 0.456 e. The molecule has 2 heterocycles. The number of amides is 1. The quantitative estimate of drug-likeness (QED) is 0.311. The minimum atomic E-state index is -1.10. The number of hydrogen-bond acceptors (Lipinski definition) is 5. The van der Waals surface area contributed by atoms with Gasteiger partial charge in [0.15, 0.2) is 5.60 Å². The number of benzene rings is 3. The van der Waals surface area contributed by atoms with Crippen LogP contribution in [0.3, 0.4) is 0 Å². The molecule has 6 rings (SSSR count). The molecular weight excluding hydrogens is 512 g/mol. The highest BCUT2D eigenvalue weighted by Gasteiger charge is 2.60. The van der Waals surface area contributed by atoms with Crippen molar-refractivity contribution in [3.8, 4) is 11.5 Å². The summed E-state index contributed by atoms with van der Waals surface area (Å²) in [5, 5.41) is 0. The molecule has 2 aliphatic heterocycles. The van der Waals surface area contributed by atoms with Crippen molar-refractivity contribution >= 4 is 28.9 Å². The van der Waals surface area contributed by atoms with E-state index in [0.29, 0.717) is 11.5 Å². The van der Waals surface area contributed by atoms with E-state index in [-0.39, 0.29) is 17.8 Å². The number of hydrogen-bond donors (Lipinski definition) is 0. The predicted molar refractivity (Wildman–Crippen MR) is 162 cm³/mol. The molecule has 1 spiro atoms. The Labute approximate surface area is 241 Å². The summed E-state index contributed by atoms with van der Waals surface area (Å²) >= 11 is 0. The Morgan fingerprint density at radius 3 is 2.27 bits per heavy atom. The van der Waals surface area contributed by atoms with Crippen molar-refractivity contribution in [1.82, 2.24) is 0 Å². The van der Waals surface area contributed by atoms with Crippen LogP contribution < -0.4 is 14.5 Å². The molecule has 0 N–H and O–H groups in total. The number of esters is 1. The fraction of sp³-hybridized carbons (Fsp3) is 0.314. The Kier molecular flexibility index (Phi) is 6.52. The zero-order valence-corrected chi connectivity index (χ0v) is 24.5. The fourth-order valence-electron chi connectivity index (χ4n) is 6.75. The van der Waals surface area contributed by atoms with Crippen molar-refractivity contribution in [2.45, 2.75) is 47.1 Å². The topological polar surface area (TPSA) is 59.1 Å². The van der Waals surface area contributed by atoms with Gasteiger partial charge in [0.25, 0.3) is 0 Å². The zero-order chi connectivity index (χ0) is 29.1. The van der Waals surface area contributed by atoms with Crippen LogP contribution in [0, 0.1) is 32.6 Å². The van der Waals surface area contributed by atoms with Crippen LogP contribution in [0.1, 0.15) is 48.6 Å². The van der Waals surface area contributed by atoms with E-state index in [0.717, 1.165) is 58.0 Å². The number of fused-ring (bicyclic) bond motifs is 6. The lowest BCUT2D eigenvalue weighted by Gasteiger charge is -2.41. The number of nitrogens with zero attached hydrogens (tertiary/aromatic N) is 2. The molecule has 3 atom stereocenters. The monoisotopic (exact) mass is 548 g/mol. The summed E-state index contributed by atoms with van der Waals surface area (Å²) < 4.78 is 13.1. The maximum absolute atomic E-state index is 13.4. The van der Waals surface area contributed by atoms with Gasteiger partial charge in [-0.25, -0.2) is 0 Å². The third-order valence-corrected chi connectivity index (χ3v) is 8.70. The first-order valence-electron chi connectivity index (χ1n) is 14.4. The zero-order valence-electron chi connectivity index (χ0n) is 24.5. The molecule has 3 aromatic rings. The Bertz CT molecular complexity index is 1630. The molecule has 0 saturated carbocycles. The van der Waals surface area contributed by atoms with Gasteiger partial charge in [-0.15, -0.1) is 0 Å². The molecule has 1 fully saturated rings. The Morgan fingerprint density at radius 1 is 0.854 bits per heavy atom.